The molecule has 0 unspecified atom stereocenters. The highest BCUT2D eigenvalue weighted by Crippen LogP contribution is 2.22. The first-order chi connectivity index (χ1) is 11.9. The Morgan fingerprint density at radius 1 is 1.04 bits per heavy atom. The van der Waals surface area contributed by atoms with E-state index in [1.54, 1.807) is 13.2 Å². The second-order valence-corrected chi connectivity index (χ2v) is 7.09. The van der Waals surface area contributed by atoms with Gasteiger partial charge in [0, 0.05) is 12.6 Å². The van der Waals surface area contributed by atoms with Crippen LogP contribution in [0.4, 0.5) is 0 Å². The molecule has 1 amide bonds. The fraction of sp³-hybridized carbons (Fsp3) is 0.318. The standard InChI is InChI=1S/C22H27NO2/c1-22(2,3)19-10-5-17(6-11-19)9-14-21(24)23-16-15-18-7-12-20(25-4)13-8-18/h5-14H,15-16H2,1-4H3,(H,23,24)/b14-9+. The minimum absolute atomic E-state index is 0.0755. The predicted octanol–water partition coefficient (Wildman–Crippen LogP) is 4.36. The van der Waals surface area contributed by atoms with Crippen molar-refractivity contribution in [1.82, 2.24) is 5.32 Å². The van der Waals surface area contributed by atoms with E-state index in [-0.39, 0.29) is 11.3 Å². The predicted molar refractivity (Wildman–Crippen MR) is 104 cm³/mol. The average molecular weight is 337 g/mol. The van der Waals surface area contributed by atoms with Gasteiger partial charge in [0.25, 0.3) is 0 Å². The van der Waals surface area contributed by atoms with Crippen molar-refractivity contribution in [3.8, 4) is 5.75 Å². The van der Waals surface area contributed by atoms with Crippen molar-refractivity contribution in [2.24, 2.45) is 0 Å². The summed E-state index contributed by atoms with van der Waals surface area (Å²) in [5, 5.41) is 2.91. The van der Waals surface area contributed by atoms with Crippen LogP contribution in [0.5, 0.6) is 5.75 Å². The van der Waals surface area contributed by atoms with Crippen molar-refractivity contribution >= 4 is 12.0 Å². The van der Waals surface area contributed by atoms with Gasteiger partial charge in [0.15, 0.2) is 0 Å². The molecule has 2 aromatic rings. The Labute approximate surface area is 150 Å². The molecule has 0 heterocycles. The van der Waals surface area contributed by atoms with Gasteiger partial charge in [-0.25, -0.2) is 0 Å². The Morgan fingerprint density at radius 2 is 1.68 bits per heavy atom. The number of hydrogen-bond donors (Lipinski definition) is 1. The summed E-state index contributed by atoms with van der Waals surface area (Å²) in [6, 6.07) is 16.2. The quantitative estimate of drug-likeness (QED) is 0.795. The summed E-state index contributed by atoms with van der Waals surface area (Å²) in [5.74, 6) is 0.765. The first kappa shape index (κ1) is 18.8. The largest absolute Gasteiger partial charge is 0.497 e. The van der Waals surface area contributed by atoms with Gasteiger partial charge in [-0.3, -0.25) is 4.79 Å². The van der Waals surface area contributed by atoms with Crippen molar-refractivity contribution in [3.63, 3.8) is 0 Å². The van der Waals surface area contributed by atoms with Gasteiger partial charge in [-0.05, 0) is 46.7 Å². The van der Waals surface area contributed by atoms with Crippen LogP contribution in [0.1, 0.15) is 37.5 Å². The van der Waals surface area contributed by atoms with Crippen LogP contribution in [-0.4, -0.2) is 19.6 Å². The third kappa shape index (κ3) is 6.11. The maximum atomic E-state index is 11.9. The number of nitrogens with one attached hydrogen (secondary N) is 1. The molecule has 0 aromatic heterocycles. The van der Waals surface area contributed by atoms with Gasteiger partial charge < -0.3 is 10.1 Å². The summed E-state index contributed by atoms with van der Waals surface area (Å²) in [5.41, 5.74) is 3.62. The second-order valence-electron chi connectivity index (χ2n) is 7.09. The first-order valence-electron chi connectivity index (χ1n) is 8.58. The second kappa shape index (κ2) is 8.52. The summed E-state index contributed by atoms with van der Waals surface area (Å²) in [6.07, 6.45) is 4.22. The Hall–Kier alpha value is -2.55. The third-order valence-corrected chi connectivity index (χ3v) is 4.08. The number of hydrogen-bond acceptors (Lipinski definition) is 2. The summed E-state index contributed by atoms with van der Waals surface area (Å²) in [4.78, 5) is 11.9. The highest BCUT2D eigenvalue weighted by molar-refractivity contribution is 5.91. The van der Waals surface area contributed by atoms with Crippen LogP contribution >= 0.6 is 0 Å². The molecule has 2 rings (SSSR count). The smallest absolute Gasteiger partial charge is 0.244 e. The molecule has 1 N–H and O–H groups in total. The molecule has 2 aromatic carbocycles. The highest BCUT2D eigenvalue weighted by atomic mass is 16.5. The molecule has 0 aliphatic carbocycles. The molecule has 3 nitrogen and oxygen atoms in total. The van der Waals surface area contributed by atoms with Crippen molar-refractivity contribution in [1.29, 1.82) is 0 Å². The SMILES string of the molecule is COc1ccc(CCNC(=O)/C=C/c2ccc(C(C)(C)C)cc2)cc1. The van der Waals surface area contributed by atoms with E-state index in [0.717, 1.165) is 17.7 Å². The zero-order valence-corrected chi connectivity index (χ0v) is 15.5. The number of carbonyl (C=O) groups is 1. The monoisotopic (exact) mass is 337 g/mol. The summed E-state index contributed by atoms with van der Waals surface area (Å²) < 4.78 is 5.13. The zero-order valence-electron chi connectivity index (χ0n) is 15.5. The molecule has 0 radical (unpaired) electrons. The van der Waals surface area contributed by atoms with Gasteiger partial charge in [0.2, 0.25) is 5.91 Å². The Kier molecular flexibility index (Phi) is 6.40. The summed E-state index contributed by atoms with van der Waals surface area (Å²) in [7, 11) is 1.65. The van der Waals surface area contributed by atoms with Crippen LogP contribution in [0.3, 0.4) is 0 Å². The zero-order chi connectivity index (χ0) is 18.3. The van der Waals surface area contributed by atoms with Crippen molar-refractivity contribution < 1.29 is 9.53 Å². The van der Waals surface area contributed by atoms with E-state index in [0.29, 0.717) is 6.54 Å². The van der Waals surface area contributed by atoms with Crippen LogP contribution in [-0.2, 0) is 16.6 Å². The number of amides is 1. The number of benzene rings is 2. The lowest BCUT2D eigenvalue weighted by atomic mass is 9.87. The van der Waals surface area contributed by atoms with Crippen LogP contribution in [0, 0.1) is 0 Å². The third-order valence-electron chi connectivity index (χ3n) is 4.08. The molecule has 0 fully saturated rings. The van der Waals surface area contributed by atoms with Gasteiger partial charge in [0.1, 0.15) is 5.75 Å². The fourth-order valence-corrected chi connectivity index (χ4v) is 2.45. The van der Waals surface area contributed by atoms with Gasteiger partial charge in [0.05, 0.1) is 7.11 Å². The van der Waals surface area contributed by atoms with Crippen LogP contribution in [0.15, 0.2) is 54.6 Å². The van der Waals surface area contributed by atoms with E-state index in [9.17, 15) is 4.79 Å². The molecule has 0 saturated carbocycles. The first-order valence-corrected chi connectivity index (χ1v) is 8.58. The maximum Gasteiger partial charge on any atom is 0.244 e. The number of ether oxygens (including phenoxy) is 1. The Morgan fingerprint density at radius 3 is 2.24 bits per heavy atom. The molecule has 0 bridgehead atoms. The normalized spacial score (nSPS) is 11.5. The molecule has 0 aliphatic heterocycles. The molecule has 3 heteroatoms. The summed E-state index contributed by atoms with van der Waals surface area (Å²) in [6.45, 7) is 7.18. The molecular weight excluding hydrogens is 310 g/mol. The van der Waals surface area contributed by atoms with Gasteiger partial charge in [-0.2, -0.15) is 0 Å². The van der Waals surface area contributed by atoms with E-state index in [4.69, 9.17) is 4.74 Å². The van der Waals surface area contributed by atoms with Crippen molar-refractivity contribution in [3.05, 3.63) is 71.3 Å². The minimum atomic E-state index is -0.0755. The van der Waals surface area contributed by atoms with Crippen molar-refractivity contribution in [2.75, 3.05) is 13.7 Å². The molecule has 0 spiro atoms. The van der Waals surface area contributed by atoms with Crippen LogP contribution < -0.4 is 10.1 Å². The lowest BCUT2D eigenvalue weighted by Crippen LogP contribution is -2.23. The van der Waals surface area contributed by atoms with Crippen LogP contribution in [0.2, 0.25) is 0 Å². The van der Waals surface area contributed by atoms with E-state index < -0.39 is 0 Å². The van der Waals surface area contributed by atoms with E-state index in [1.165, 1.54) is 11.1 Å². The van der Waals surface area contributed by atoms with E-state index in [1.807, 2.05) is 42.5 Å². The molecule has 0 atom stereocenters. The lowest BCUT2D eigenvalue weighted by molar-refractivity contribution is -0.116. The minimum Gasteiger partial charge on any atom is -0.497 e. The lowest BCUT2D eigenvalue weighted by Gasteiger charge is -2.18. The van der Waals surface area contributed by atoms with E-state index >= 15 is 0 Å². The number of rotatable bonds is 6. The maximum absolute atomic E-state index is 11.9. The molecular formula is C22H27NO2. The summed E-state index contributed by atoms with van der Waals surface area (Å²) >= 11 is 0. The fourth-order valence-electron chi connectivity index (χ4n) is 2.45. The molecule has 132 valence electrons. The Bertz CT molecular complexity index is 707. The molecule has 0 saturated heterocycles. The molecule has 25 heavy (non-hydrogen) atoms. The highest BCUT2D eigenvalue weighted by Gasteiger charge is 2.12. The van der Waals surface area contributed by atoms with Crippen LogP contribution in [0.25, 0.3) is 6.08 Å². The van der Waals surface area contributed by atoms with Gasteiger partial charge >= 0.3 is 0 Å². The van der Waals surface area contributed by atoms with Gasteiger partial charge in [-0.1, -0.05) is 57.2 Å². The van der Waals surface area contributed by atoms with Gasteiger partial charge in [-0.15, -0.1) is 0 Å². The Balaban J connectivity index is 1.80. The molecule has 0 aliphatic rings. The average Bonchev–Trinajstić information content (AvgIpc) is 2.60. The topological polar surface area (TPSA) is 38.3 Å². The number of methoxy groups -OCH3 is 1. The van der Waals surface area contributed by atoms with Crippen molar-refractivity contribution in [2.45, 2.75) is 32.6 Å². The number of carbonyl (C=O) groups excluding carboxylic acids is 1. The van der Waals surface area contributed by atoms with E-state index in [2.05, 4.69) is 38.2 Å².